The highest BCUT2D eigenvalue weighted by Crippen LogP contribution is 2.28. The predicted molar refractivity (Wildman–Crippen MR) is 133 cm³/mol. The fraction of sp³-hybridized carbons (Fsp3) is 0.115. The number of ether oxygens (including phenoxy) is 1. The summed E-state index contributed by atoms with van der Waals surface area (Å²) in [5.41, 5.74) is 8.08. The summed E-state index contributed by atoms with van der Waals surface area (Å²) in [4.78, 5) is 29.8. The largest absolute Gasteiger partial charge is 0.478 e. The Bertz CT molecular complexity index is 1230. The molecule has 3 aromatic carbocycles. The van der Waals surface area contributed by atoms with Crippen molar-refractivity contribution in [2.75, 3.05) is 17.3 Å². The molecule has 0 spiro atoms. The van der Waals surface area contributed by atoms with E-state index < -0.39 is 5.97 Å². The van der Waals surface area contributed by atoms with Gasteiger partial charge in [0.05, 0.1) is 5.56 Å². The normalized spacial score (nSPS) is 11.9. The Kier molecular flexibility index (Phi) is 7.66. The lowest BCUT2D eigenvalue weighted by atomic mass is 10.1. The van der Waals surface area contributed by atoms with Gasteiger partial charge in [-0.3, -0.25) is 14.7 Å². The van der Waals surface area contributed by atoms with Gasteiger partial charge in [-0.05, 0) is 61.5 Å². The van der Waals surface area contributed by atoms with Gasteiger partial charge in [-0.15, -0.1) is 0 Å². The average molecular weight is 459 g/mol. The molecular weight excluding hydrogens is 432 g/mol. The third-order valence-electron chi connectivity index (χ3n) is 4.81. The second-order valence-electron chi connectivity index (χ2n) is 7.38. The molecule has 0 bridgehead atoms. The van der Waals surface area contributed by atoms with Crippen LogP contribution in [0.15, 0.2) is 95.2 Å². The highest BCUT2D eigenvalue weighted by atomic mass is 16.5. The molecular formula is C26H26N4O4. The lowest BCUT2D eigenvalue weighted by Crippen LogP contribution is -2.36. The van der Waals surface area contributed by atoms with Gasteiger partial charge < -0.3 is 20.9 Å². The summed E-state index contributed by atoms with van der Waals surface area (Å²) in [6.07, 6.45) is 0. The van der Waals surface area contributed by atoms with Gasteiger partial charge in [0.2, 0.25) is 5.91 Å². The average Bonchev–Trinajstić information content (AvgIpc) is 2.82. The number of carbonyl (C=O) groups excluding carboxylic acids is 1. The number of para-hydroxylation sites is 1. The fourth-order valence-electron chi connectivity index (χ4n) is 3.31. The van der Waals surface area contributed by atoms with Crippen LogP contribution in [0.3, 0.4) is 0 Å². The zero-order valence-corrected chi connectivity index (χ0v) is 19.1. The summed E-state index contributed by atoms with van der Waals surface area (Å²) in [6, 6.07) is 22.7. The van der Waals surface area contributed by atoms with Crippen molar-refractivity contribution >= 4 is 29.1 Å². The number of nitrogens with two attached hydrogens (primary N) is 1. The van der Waals surface area contributed by atoms with Gasteiger partial charge in [0.1, 0.15) is 17.2 Å². The molecule has 0 aliphatic carbocycles. The first-order chi connectivity index (χ1) is 16.3. The second kappa shape index (κ2) is 10.8. The molecule has 0 saturated carbocycles. The van der Waals surface area contributed by atoms with Crippen LogP contribution >= 0.6 is 0 Å². The van der Waals surface area contributed by atoms with Crippen LogP contribution < -0.4 is 20.7 Å². The Morgan fingerprint density at radius 1 is 0.941 bits per heavy atom. The smallest absolute Gasteiger partial charge is 0.335 e. The van der Waals surface area contributed by atoms with Crippen LogP contribution in [-0.2, 0) is 4.79 Å². The van der Waals surface area contributed by atoms with Crippen LogP contribution in [-0.4, -0.2) is 29.9 Å². The van der Waals surface area contributed by atoms with Gasteiger partial charge in [-0.25, -0.2) is 4.79 Å². The van der Waals surface area contributed by atoms with E-state index in [-0.39, 0.29) is 11.5 Å². The maximum Gasteiger partial charge on any atom is 0.335 e. The maximum absolute atomic E-state index is 12.7. The Morgan fingerprint density at radius 2 is 1.59 bits per heavy atom. The van der Waals surface area contributed by atoms with Gasteiger partial charge >= 0.3 is 5.97 Å². The van der Waals surface area contributed by atoms with Crippen molar-refractivity contribution in [3.05, 3.63) is 95.8 Å². The molecule has 0 saturated heterocycles. The summed E-state index contributed by atoms with van der Waals surface area (Å²) in [5, 5.41) is 12.4. The minimum absolute atomic E-state index is 0.118. The molecule has 174 valence electrons. The number of amides is 1. The summed E-state index contributed by atoms with van der Waals surface area (Å²) >= 11 is 0. The summed E-state index contributed by atoms with van der Waals surface area (Å²) in [6.45, 7) is 3.09. The molecule has 4 N–H and O–H groups in total. The van der Waals surface area contributed by atoms with E-state index in [0.29, 0.717) is 40.1 Å². The number of carboxylic acids is 1. The van der Waals surface area contributed by atoms with Crippen LogP contribution in [0, 0.1) is 0 Å². The third kappa shape index (κ3) is 5.80. The highest BCUT2D eigenvalue weighted by molar-refractivity contribution is 6.16. The van der Waals surface area contributed by atoms with Crippen molar-refractivity contribution in [1.29, 1.82) is 0 Å². The van der Waals surface area contributed by atoms with E-state index in [1.807, 2.05) is 30.3 Å². The van der Waals surface area contributed by atoms with Crippen molar-refractivity contribution in [1.82, 2.24) is 0 Å². The van der Waals surface area contributed by atoms with Crippen LogP contribution in [0.1, 0.15) is 24.2 Å². The minimum atomic E-state index is -1.05. The van der Waals surface area contributed by atoms with E-state index in [1.165, 1.54) is 24.0 Å². The number of anilines is 2. The van der Waals surface area contributed by atoms with Gasteiger partial charge in [0.15, 0.2) is 5.84 Å². The first kappa shape index (κ1) is 24.1. The summed E-state index contributed by atoms with van der Waals surface area (Å²) in [7, 11) is 1.56. The molecule has 0 aliphatic rings. The fourth-order valence-corrected chi connectivity index (χ4v) is 3.31. The molecule has 8 heteroatoms. The molecule has 0 fully saturated rings. The van der Waals surface area contributed by atoms with Crippen molar-refractivity contribution in [3.8, 4) is 11.5 Å². The monoisotopic (exact) mass is 458 g/mol. The SMILES string of the molecule is CN=C(Nc1cccc(C(=O)O)c1)/C(=C(\C)N)N(C(C)=O)c1ccc(Oc2ccccc2)cc1. The number of benzene rings is 3. The molecule has 0 radical (unpaired) electrons. The van der Waals surface area contributed by atoms with Gasteiger partial charge in [-0.1, -0.05) is 24.3 Å². The third-order valence-corrected chi connectivity index (χ3v) is 4.81. The zero-order valence-electron chi connectivity index (χ0n) is 19.1. The Morgan fingerprint density at radius 3 is 2.15 bits per heavy atom. The number of allylic oxidation sites excluding steroid dienone is 1. The van der Waals surface area contributed by atoms with Crippen molar-refractivity contribution in [2.45, 2.75) is 13.8 Å². The first-order valence-corrected chi connectivity index (χ1v) is 10.5. The quantitative estimate of drug-likeness (QED) is 0.344. The molecule has 0 aromatic heterocycles. The Balaban J connectivity index is 1.92. The van der Waals surface area contributed by atoms with Crippen LogP contribution in [0.5, 0.6) is 11.5 Å². The predicted octanol–water partition coefficient (Wildman–Crippen LogP) is 4.86. The van der Waals surface area contributed by atoms with E-state index in [4.69, 9.17) is 10.5 Å². The van der Waals surface area contributed by atoms with Crippen molar-refractivity contribution in [2.24, 2.45) is 10.7 Å². The van der Waals surface area contributed by atoms with E-state index in [1.54, 1.807) is 50.4 Å². The van der Waals surface area contributed by atoms with E-state index in [9.17, 15) is 14.7 Å². The number of aromatic carboxylic acids is 1. The van der Waals surface area contributed by atoms with Gasteiger partial charge in [0, 0.05) is 31.0 Å². The number of aliphatic imine (C=N–C) groups is 1. The highest BCUT2D eigenvalue weighted by Gasteiger charge is 2.23. The van der Waals surface area contributed by atoms with Crippen LogP contribution in [0.2, 0.25) is 0 Å². The van der Waals surface area contributed by atoms with Crippen molar-refractivity contribution in [3.63, 3.8) is 0 Å². The molecule has 8 nitrogen and oxygen atoms in total. The molecule has 34 heavy (non-hydrogen) atoms. The van der Waals surface area contributed by atoms with Crippen molar-refractivity contribution < 1.29 is 19.4 Å². The van der Waals surface area contributed by atoms with Gasteiger partial charge in [0.25, 0.3) is 0 Å². The minimum Gasteiger partial charge on any atom is -0.478 e. The molecule has 1 amide bonds. The van der Waals surface area contributed by atoms with E-state index in [2.05, 4.69) is 10.3 Å². The number of hydrogen-bond acceptors (Lipinski definition) is 5. The number of nitrogens with zero attached hydrogens (tertiary/aromatic N) is 2. The Hall–Kier alpha value is -4.59. The van der Waals surface area contributed by atoms with Crippen LogP contribution in [0.4, 0.5) is 11.4 Å². The number of carboxylic acid groups (broad SMARTS) is 1. The first-order valence-electron chi connectivity index (χ1n) is 10.5. The molecule has 3 aromatic rings. The van der Waals surface area contributed by atoms with Crippen LogP contribution in [0.25, 0.3) is 0 Å². The molecule has 0 heterocycles. The second-order valence-corrected chi connectivity index (χ2v) is 7.38. The summed E-state index contributed by atoms with van der Waals surface area (Å²) < 4.78 is 5.84. The topological polar surface area (TPSA) is 117 Å². The number of hydrogen-bond donors (Lipinski definition) is 3. The maximum atomic E-state index is 12.7. The number of carbonyl (C=O) groups is 2. The molecule has 0 aliphatic heterocycles. The molecule has 0 atom stereocenters. The molecule has 0 unspecified atom stereocenters. The van der Waals surface area contributed by atoms with E-state index >= 15 is 0 Å². The van der Waals surface area contributed by atoms with E-state index in [0.717, 1.165) is 0 Å². The molecule has 3 rings (SSSR count). The Labute approximate surface area is 198 Å². The number of rotatable bonds is 7. The summed E-state index contributed by atoms with van der Waals surface area (Å²) in [5.74, 6) is 0.292. The lowest BCUT2D eigenvalue weighted by Gasteiger charge is -2.27. The number of amidine groups is 1. The van der Waals surface area contributed by atoms with Gasteiger partial charge in [-0.2, -0.15) is 0 Å². The lowest BCUT2D eigenvalue weighted by molar-refractivity contribution is -0.116. The standard InChI is InChI=1S/C26H26N4O4/c1-17(27)24(25(28-3)29-20-9-7-8-19(16-20)26(32)33)30(18(2)31)21-12-14-23(15-13-21)34-22-10-5-4-6-11-22/h4-16H,27H2,1-3H3,(H,28,29)(H,32,33)/b24-17-. The zero-order chi connectivity index (χ0) is 24.7. The number of nitrogens with one attached hydrogen (secondary N) is 1.